The Balaban J connectivity index is 2.02. The van der Waals surface area contributed by atoms with Crippen molar-refractivity contribution in [3.05, 3.63) is 35.0 Å². The molecule has 0 bridgehead atoms. The topological polar surface area (TPSA) is 25.2 Å². The fraction of sp³-hybridized carbons (Fsp3) is 0.357. The van der Waals surface area contributed by atoms with Crippen LogP contribution in [0.4, 0.5) is 0 Å². The third kappa shape index (κ3) is 2.23. The second kappa shape index (κ2) is 5.10. The van der Waals surface area contributed by atoms with E-state index >= 15 is 0 Å². The summed E-state index contributed by atoms with van der Waals surface area (Å²) in [6, 6.07) is 7.66. The van der Waals surface area contributed by atoms with Gasteiger partial charge in [-0.25, -0.2) is 0 Å². The van der Waals surface area contributed by atoms with E-state index in [9.17, 15) is 4.79 Å². The first-order valence-corrected chi connectivity index (χ1v) is 7.82. The van der Waals surface area contributed by atoms with Gasteiger partial charge in [-0.05, 0) is 18.2 Å². The summed E-state index contributed by atoms with van der Waals surface area (Å²) in [6.45, 7) is 1.66. The number of carbonyl (C=O) groups is 1. The van der Waals surface area contributed by atoms with Crippen LogP contribution in [0.2, 0.25) is 5.02 Å². The van der Waals surface area contributed by atoms with Gasteiger partial charge in [0.2, 0.25) is 0 Å². The second-order valence-corrected chi connectivity index (χ2v) is 6.30. The van der Waals surface area contributed by atoms with E-state index in [1.165, 1.54) is 0 Å². The average molecular weight is 295 g/mol. The fourth-order valence-electron chi connectivity index (χ4n) is 2.46. The van der Waals surface area contributed by atoms with Gasteiger partial charge in [-0.15, -0.1) is 0 Å². The lowest BCUT2D eigenvalue weighted by Crippen LogP contribution is -2.38. The lowest BCUT2D eigenvalue weighted by atomic mass is 10.2. The Bertz CT molecular complexity index is 632. The summed E-state index contributed by atoms with van der Waals surface area (Å²) in [5.41, 5.74) is 1.72. The van der Waals surface area contributed by atoms with Crippen LogP contribution in [0.15, 0.2) is 24.3 Å². The molecule has 0 saturated carbocycles. The Kier molecular flexibility index (Phi) is 3.46. The third-order valence-corrected chi connectivity index (χ3v) is 4.82. The lowest BCUT2D eigenvalue weighted by molar-refractivity contribution is 0.0763. The summed E-state index contributed by atoms with van der Waals surface area (Å²) in [6.07, 6.45) is 0. The van der Waals surface area contributed by atoms with E-state index in [0.29, 0.717) is 5.02 Å². The Morgan fingerprint density at radius 2 is 2.05 bits per heavy atom. The van der Waals surface area contributed by atoms with Gasteiger partial charge in [-0.3, -0.25) is 4.79 Å². The van der Waals surface area contributed by atoms with Crippen molar-refractivity contribution < 1.29 is 4.79 Å². The molecule has 2 heterocycles. The molecule has 0 radical (unpaired) electrons. The molecule has 1 aliphatic heterocycles. The summed E-state index contributed by atoms with van der Waals surface area (Å²) in [5.74, 6) is 2.16. The maximum atomic E-state index is 12.6. The van der Waals surface area contributed by atoms with E-state index < -0.39 is 0 Å². The molecular weight excluding hydrogens is 280 g/mol. The summed E-state index contributed by atoms with van der Waals surface area (Å²) < 4.78 is 1.94. The van der Waals surface area contributed by atoms with Gasteiger partial charge in [0.1, 0.15) is 5.69 Å². The number of aromatic nitrogens is 1. The number of hydrogen-bond donors (Lipinski definition) is 0. The van der Waals surface area contributed by atoms with Gasteiger partial charge in [0.05, 0.1) is 0 Å². The molecule has 1 aromatic heterocycles. The van der Waals surface area contributed by atoms with Crippen molar-refractivity contribution in [2.75, 3.05) is 24.6 Å². The molecule has 0 aliphatic carbocycles. The predicted octanol–water partition coefficient (Wildman–Crippen LogP) is 3.02. The molecule has 1 fully saturated rings. The normalized spacial score (nSPS) is 16.0. The molecular formula is C14H15ClN2OS. The lowest BCUT2D eigenvalue weighted by Gasteiger charge is -2.26. The van der Waals surface area contributed by atoms with Gasteiger partial charge in [0.25, 0.3) is 5.91 Å². The predicted molar refractivity (Wildman–Crippen MR) is 81.2 cm³/mol. The number of halogens is 1. The van der Waals surface area contributed by atoms with E-state index in [4.69, 9.17) is 11.6 Å². The number of aryl methyl sites for hydroxylation is 1. The first kappa shape index (κ1) is 12.9. The fourth-order valence-corrected chi connectivity index (χ4v) is 3.59. The van der Waals surface area contributed by atoms with Crippen LogP contribution in [-0.2, 0) is 7.05 Å². The molecule has 19 heavy (non-hydrogen) atoms. The molecule has 5 heteroatoms. The third-order valence-electron chi connectivity index (χ3n) is 3.55. The van der Waals surface area contributed by atoms with Crippen molar-refractivity contribution in [2.45, 2.75) is 0 Å². The Morgan fingerprint density at radius 3 is 2.74 bits per heavy atom. The average Bonchev–Trinajstić information content (AvgIpc) is 2.78. The SMILES string of the molecule is Cn1c(C(=O)N2CCSCC2)cc2c(Cl)cccc21. The first-order valence-electron chi connectivity index (χ1n) is 6.29. The van der Waals surface area contributed by atoms with Crippen molar-refractivity contribution in [3.8, 4) is 0 Å². The highest BCUT2D eigenvalue weighted by Gasteiger charge is 2.22. The largest absolute Gasteiger partial charge is 0.340 e. The van der Waals surface area contributed by atoms with Crippen LogP contribution in [0.5, 0.6) is 0 Å². The number of nitrogens with zero attached hydrogens (tertiary/aromatic N) is 2. The number of thioether (sulfide) groups is 1. The molecule has 1 amide bonds. The van der Waals surface area contributed by atoms with Crippen LogP contribution in [0, 0.1) is 0 Å². The molecule has 3 rings (SSSR count). The zero-order chi connectivity index (χ0) is 13.4. The van der Waals surface area contributed by atoms with Crippen LogP contribution < -0.4 is 0 Å². The molecule has 2 aromatic rings. The summed E-state index contributed by atoms with van der Waals surface area (Å²) in [7, 11) is 1.92. The van der Waals surface area contributed by atoms with Crippen molar-refractivity contribution in [3.63, 3.8) is 0 Å². The molecule has 0 spiro atoms. The quantitative estimate of drug-likeness (QED) is 0.808. The van der Waals surface area contributed by atoms with Crippen molar-refractivity contribution in [2.24, 2.45) is 7.05 Å². The zero-order valence-electron chi connectivity index (χ0n) is 10.7. The number of fused-ring (bicyclic) bond motifs is 1. The van der Waals surface area contributed by atoms with Crippen LogP contribution >= 0.6 is 23.4 Å². The summed E-state index contributed by atoms with van der Waals surface area (Å²) in [4.78, 5) is 14.5. The summed E-state index contributed by atoms with van der Waals surface area (Å²) in [5, 5.41) is 1.64. The van der Waals surface area contributed by atoms with Gasteiger partial charge in [-0.1, -0.05) is 17.7 Å². The zero-order valence-corrected chi connectivity index (χ0v) is 12.3. The van der Waals surface area contributed by atoms with Crippen molar-refractivity contribution >= 4 is 40.2 Å². The highest BCUT2D eigenvalue weighted by Crippen LogP contribution is 2.27. The molecule has 3 nitrogen and oxygen atoms in total. The Morgan fingerprint density at radius 1 is 1.32 bits per heavy atom. The number of rotatable bonds is 1. The monoisotopic (exact) mass is 294 g/mol. The van der Waals surface area contributed by atoms with E-state index in [1.807, 2.05) is 52.5 Å². The molecule has 0 N–H and O–H groups in total. The van der Waals surface area contributed by atoms with Crippen LogP contribution in [0.3, 0.4) is 0 Å². The van der Waals surface area contributed by atoms with Gasteiger partial charge >= 0.3 is 0 Å². The molecule has 100 valence electrons. The van der Waals surface area contributed by atoms with Gasteiger partial charge in [0, 0.05) is 47.6 Å². The highest BCUT2D eigenvalue weighted by molar-refractivity contribution is 7.99. The van der Waals surface area contributed by atoms with Gasteiger partial charge < -0.3 is 9.47 Å². The maximum absolute atomic E-state index is 12.6. The minimum Gasteiger partial charge on any atom is -0.340 e. The van der Waals surface area contributed by atoms with E-state index in [0.717, 1.165) is 41.2 Å². The van der Waals surface area contributed by atoms with Crippen molar-refractivity contribution in [1.29, 1.82) is 0 Å². The number of hydrogen-bond acceptors (Lipinski definition) is 2. The molecule has 1 aromatic carbocycles. The molecule has 0 atom stereocenters. The Hall–Kier alpha value is -1.13. The van der Waals surface area contributed by atoms with Crippen LogP contribution in [0.1, 0.15) is 10.5 Å². The van der Waals surface area contributed by atoms with Gasteiger partial charge in [0.15, 0.2) is 0 Å². The standard InChI is InChI=1S/C14H15ClN2OS/c1-16-12-4-2-3-11(15)10(12)9-13(16)14(18)17-5-7-19-8-6-17/h2-4,9H,5-8H2,1H3. The maximum Gasteiger partial charge on any atom is 0.270 e. The minimum atomic E-state index is 0.107. The highest BCUT2D eigenvalue weighted by atomic mass is 35.5. The van der Waals surface area contributed by atoms with E-state index in [-0.39, 0.29) is 5.91 Å². The van der Waals surface area contributed by atoms with Gasteiger partial charge in [-0.2, -0.15) is 11.8 Å². The van der Waals surface area contributed by atoms with Crippen molar-refractivity contribution in [1.82, 2.24) is 9.47 Å². The van der Waals surface area contributed by atoms with Crippen LogP contribution in [-0.4, -0.2) is 40.0 Å². The molecule has 1 aliphatic rings. The second-order valence-electron chi connectivity index (χ2n) is 4.67. The summed E-state index contributed by atoms with van der Waals surface area (Å²) >= 11 is 8.09. The van der Waals surface area contributed by atoms with Crippen LogP contribution in [0.25, 0.3) is 10.9 Å². The number of benzene rings is 1. The van der Waals surface area contributed by atoms with E-state index in [1.54, 1.807) is 0 Å². The molecule has 0 unspecified atom stereocenters. The number of carbonyl (C=O) groups excluding carboxylic acids is 1. The first-order chi connectivity index (χ1) is 9.18. The minimum absolute atomic E-state index is 0.107. The number of amides is 1. The molecule has 1 saturated heterocycles. The Labute approximate surface area is 121 Å². The van der Waals surface area contributed by atoms with E-state index in [2.05, 4.69) is 0 Å². The smallest absolute Gasteiger partial charge is 0.270 e.